The lowest BCUT2D eigenvalue weighted by atomic mass is 9.83. The van der Waals surface area contributed by atoms with Gasteiger partial charge in [-0.2, -0.15) is 0 Å². The molecule has 0 aromatic heterocycles. The third-order valence-corrected chi connectivity index (χ3v) is 4.37. The molecule has 2 aliphatic heterocycles. The fourth-order valence-corrected chi connectivity index (χ4v) is 3.12. The second-order valence-electron chi connectivity index (χ2n) is 5.84. The van der Waals surface area contributed by atoms with E-state index in [4.69, 9.17) is 4.74 Å². The van der Waals surface area contributed by atoms with Crippen LogP contribution in [0.4, 0.5) is 4.79 Å². The summed E-state index contributed by atoms with van der Waals surface area (Å²) in [6, 6.07) is 0.0263. The first-order valence-corrected chi connectivity index (χ1v) is 7.44. The van der Waals surface area contributed by atoms with Gasteiger partial charge in [-0.05, 0) is 25.7 Å². The number of carboxylic acids is 1. The number of carbonyl (C=O) groups excluding carboxylic acids is 1. The van der Waals surface area contributed by atoms with Crippen LogP contribution in [0.2, 0.25) is 0 Å². The van der Waals surface area contributed by atoms with E-state index in [1.807, 2.05) is 6.92 Å². The molecule has 114 valence electrons. The summed E-state index contributed by atoms with van der Waals surface area (Å²) < 4.78 is 5.26. The van der Waals surface area contributed by atoms with Gasteiger partial charge < -0.3 is 20.1 Å². The summed E-state index contributed by atoms with van der Waals surface area (Å²) in [6.45, 7) is 4.20. The lowest BCUT2D eigenvalue weighted by Crippen LogP contribution is -2.47. The Balaban J connectivity index is 1.90. The number of amides is 2. The molecule has 0 bridgehead atoms. The van der Waals surface area contributed by atoms with E-state index < -0.39 is 11.4 Å². The molecule has 2 saturated heterocycles. The summed E-state index contributed by atoms with van der Waals surface area (Å²) in [5.41, 5.74) is -0.748. The van der Waals surface area contributed by atoms with Crippen molar-refractivity contribution >= 4 is 12.0 Å². The number of nitrogens with zero attached hydrogens (tertiary/aromatic N) is 1. The highest BCUT2D eigenvalue weighted by Crippen LogP contribution is 2.35. The van der Waals surface area contributed by atoms with Gasteiger partial charge in [-0.1, -0.05) is 13.3 Å². The van der Waals surface area contributed by atoms with Crippen molar-refractivity contribution in [3.05, 3.63) is 0 Å². The van der Waals surface area contributed by atoms with Gasteiger partial charge in [-0.25, -0.2) is 4.79 Å². The van der Waals surface area contributed by atoms with Crippen LogP contribution in [-0.4, -0.2) is 54.4 Å². The largest absolute Gasteiger partial charge is 0.481 e. The number of rotatable bonds is 4. The summed E-state index contributed by atoms with van der Waals surface area (Å²) in [7, 11) is 0. The second kappa shape index (κ2) is 6.43. The predicted octanol–water partition coefficient (Wildman–Crippen LogP) is 1.45. The van der Waals surface area contributed by atoms with E-state index in [1.165, 1.54) is 0 Å². The molecule has 0 aliphatic carbocycles. The van der Waals surface area contributed by atoms with Crippen LogP contribution in [0.3, 0.4) is 0 Å². The van der Waals surface area contributed by atoms with E-state index in [9.17, 15) is 14.7 Å². The van der Waals surface area contributed by atoms with Gasteiger partial charge in [0, 0.05) is 32.3 Å². The summed E-state index contributed by atoms with van der Waals surface area (Å²) in [5, 5.41) is 12.4. The van der Waals surface area contributed by atoms with Crippen LogP contribution in [0, 0.1) is 5.41 Å². The molecule has 0 saturated carbocycles. The molecule has 6 nitrogen and oxygen atoms in total. The molecule has 0 aromatic carbocycles. The van der Waals surface area contributed by atoms with E-state index in [2.05, 4.69) is 5.32 Å². The predicted molar refractivity (Wildman–Crippen MR) is 73.5 cm³/mol. The van der Waals surface area contributed by atoms with E-state index >= 15 is 0 Å². The SMILES string of the molecule is CCCC1(C(=O)O)CCN(C(=O)NC2CCOCC2)C1. The molecule has 0 spiro atoms. The van der Waals surface area contributed by atoms with Gasteiger partial charge in [0.2, 0.25) is 0 Å². The van der Waals surface area contributed by atoms with Gasteiger partial charge in [-0.3, -0.25) is 4.79 Å². The molecule has 2 heterocycles. The van der Waals surface area contributed by atoms with Crippen LogP contribution in [0.15, 0.2) is 0 Å². The zero-order valence-electron chi connectivity index (χ0n) is 12.1. The Kier molecular flexibility index (Phi) is 4.86. The van der Waals surface area contributed by atoms with Crippen molar-refractivity contribution < 1.29 is 19.4 Å². The third-order valence-electron chi connectivity index (χ3n) is 4.37. The Morgan fingerprint density at radius 2 is 2.10 bits per heavy atom. The van der Waals surface area contributed by atoms with Crippen molar-refractivity contribution in [1.29, 1.82) is 0 Å². The van der Waals surface area contributed by atoms with Gasteiger partial charge in [0.05, 0.1) is 5.41 Å². The first-order valence-electron chi connectivity index (χ1n) is 7.44. The number of ether oxygens (including phenoxy) is 1. The highest BCUT2D eigenvalue weighted by molar-refractivity contribution is 5.79. The molecule has 2 rings (SSSR count). The molecule has 0 radical (unpaired) electrons. The number of carbonyl (C=O) groups is 2. The Labute approximate surface area is 119 Å². The number of carboxylic acid groups (broad SMARTS) is 1. The van der Waals surface area contributed by atoms with Gasteiger partial charge in [0.1, 0.15) is 0 Å². The number of hydrogen-bond acceptors (Lipinski definition) is 3. The van der Waals surface area contributed by atoms with E-state index in [1.54, 1.807) is 4.90 Å². The third kappa shape index (κ3) is 3.23. The van der Waals surface area contributed by atoms with Crippen LogP contribution in [0.25, 0.3) is 0 Å². The van der Waals surface area contributed by atoms with Crippen molar-refractivity contribution in [3.8, 4) is 0 Å². The molecule has 2 fully saturated rings. The number of urea groups is 1. The molecule has 20 heavy (non-hydrogen) atoms. The highest BCUT2D eigenvalue weighted by atomic mass is 16.5. The smallest absolute Gasteiger partial charge is 0.317 e. The van der Waals surface area contributed by atoms with Crippen molar-refractivity contribution in [2.75, 3.05) is 26.3 Å². The van der Waals surface area contributed by atoms with Crippen molar-refractivity contribution in [1.82, 2.24) is 10.2 Å². The molecular formula is C14H24N2O4. The van der Waals surface area contributed by atoms with Crippen LogP contribution < -0.4 is 5.32 Å². The standard InChI is InChI=1S/C14H24N2O4/c1-2-5-14(12(17)18)6-7-16(10-14)13(19)15-11-3-8-20-9-4-11/h11H,2-10H2,1H3,(H,15,19)(H,17,18). The first-order chi connectivity index (χ1) is 9.57. The number of nitrogens with one attached hydrogen (secondary N) is 1. The molecule has 1 atom stereocenters. The Morgan fingerprint density at radius 3 is 2.70 bits per heavy atom. The second-order valence-corrected chi connectivity index (χ2v) is 5.84. The molecule has 6 heteroatoms. The maximum absolute atomic E-state index is 12.2. The van der Waals surface area contributed by atoms with Gasteiger partial charge in [0.25, 0.3) is 0 Å². The minimum atomic E-state index is -0.777. The fraction of sp³-hybridized carbons (Fsp3) is 0.857. The zero-order chi connectivity index (χ0) is 14.6. The van der Waals surface area contributed by atoms with Crippen molar-refractivity contribution in [3.63, 3.8) is 0 Å². The average Bonchev–Trinajstić information content (AvgIpc) is 2.86. The topological polar surface area (TPSA) is 78.9 Å². The summed E-state index contributed by atoms with van der Waals surface area (Å²) in [4.78, 5) is 25.4. The minimum absolute atomic E-state index is 0.129. The van der Waals surface area contributed by atoms with E-state index in [-0.39, 0.29) is 12.1 Å². The van der Waals surface area contributed by atoms with Gasteiger partial charge >= 0.3 is 12.0 Å². The van der Waals surface area contributed by atoms with Crippen LogP contribution in [0.1, 0.15) is 39.0 Å². The van der Waals surface area contributed by atoms with E-state index in [0.717, 1.165) is 19.3 Å². The number of aliphatic carboxylic acids is 1. The van der Waals surface area contributed by atoms with Gasteiger partial charge in [-0.15, -0.1) is 0 Å². The molecular weight excluding hydrogens is 260 g/mol. The molecule has 2 amide bonds. The minimum Gasteiger partial charge on any atom is -0.481 e. The maximum atomic E-state index is 12.2. The first kappa shape index (κ1) is 15.1. The fourth-order valence-electron chi connectivity index (χ4n) is 3.12. The van der Waals surface area contributed by atoms with Crippen molar-refractivity contribution in [2.45, 2.75) is 45.1 Å². The van der Waals surface area contributed by atoms with Crippen LogP contribution in [-0.2, 0) is 9.53 Å². The Bertz CT molecular complexity index is 368. The molecule has 2 aliphatic rings. The summed E-state index contributed by atoms with van der Waals surface area (Å²) in [6.07, 6.45) is 3.67. The lowest BCUT2D eigenvalue weighted by molar-refractivity contribution is -0.148. The number of likely N-dealkylation sites (tertiary alicyclic amines) is 1. The quantitative estimate of drug-likeness (QED) is 0.819. The molecule has 2 N–H and O–H groups in total. The molecule has 1 unspecified atom stereocenters. The van der Waals surface area contributed by atoms with E-state index in [0.29, 0.717) is 39.1 Å². The Morgan fingerprint density at radius 1 is 1.40 bits per heavy atom. The van der Waals surface area contributed by atoms with Gasteiger partial charge in [0.15, 0.2) is 0 Å². The Hall–Kier alpha value is -1.30. The highest BCUT2D eigenvalue weighted by Gasteiger charge is 2.45. The summed E-state index contributed by atoms with van der Waals surface area (Å²) >= 11 is 0. The number of hydrogen-bond donors (Lipinski definition) is 2. The van der Waals surface area contributed by atoms with Crippen LogP contribution >= 0.6 is 0 Å². The monoisotopic (exact) mass is 284 g/mol. The van der Waals surface area contributed by atoms with Crippen molar-refractivity contribution in [2.24, 2.45) is 5.41 Å². The zero-order valence-corrected chi connectivity index (χ0v) is 12.1. The average molecular weight is 284 g/mol. The molecule has 0 aromatic rings. The lowest BCUT2D eigenvalue weighted by Gasteiger charge is -2.27. The normalized spacial score (nSPS) is 27.6. The summed E-state index contributed by atoms with van der Waals surface area (Å²) in [5.74, 6) is -0.777. The maximum Gasteiger partial charge on any atom is 0.317 e. The van der Waals surface area contributed by atoms with Crippen LogP contribution in [0.5, 0.6) is 0 Å².